The zero-order chi connectivity index (χ0) is 22.3. The van der Waals surface area contributed by atoms with E-state index in [-0.39, 0.29) is 14.6 Å². The van der Waals surface area contributed by atoms with Gasteiger partial charge >= 0.3 is 0 Å². The van der Waals surface area contributed by atoms with Gasteiger partial charge in [0.2, 0.25) is 0 Å². The standard InChI is InChI=1S/C29H31FNSi/c1-2-17-32-18-15-25(16-19-32)27-13-14-28(29(30)20-27)26-11-9-23(10-12-26)4-3-22-5-7-24(21-31)8-6-22/h5-14,20,25H,2-4,15-19H2,1H3. The third-order valence-corrected chi connectivity index (χ3v) is 10.0. The molecular formula is C29H31FNSi. The summed E-state index contributed by atoms with van der Waals surface area (Å²) in [5.74, 6) is 0.436. The largest absolute Gasteiger partial charge is 0.206 e. The topological polar surface area (TPSA) is 23.8 Å². The highest BCUT2D eigenvalue weighted by atomic mass is 28.3. The Labute approximate surface area is 193 Å². The summed E-state index contributed by atoms with van der Waals surface area (Å²) in [6, 6.07) is 28.3. The van der Waals surface area contributed by atoms with Crippen molar-refractivity contribution >= 4 is 8.80 Å². The van der Waals surface area contributed by atoms with Crippen molar-refractivity contribution in [3.63, 3.8) is 0 Å². The molecule has 1 aliphatic rings. The van der Waals surface area contributed by atoms with Crippen LogP contribution in [0.2, 0.25) is 18.1 Å². The van der Waals surface area contributed by atoms with E-state index in [4.69, 9.17) is 5.26 Å². The summed E-state index contributed by atoms with van der Waals surface area (Å²) < 4.78 is 15.0. The zero-order valence-corrected chi connectivity index (χ0v) is 19.9. The lowest BCUT2D eigenvalue weighted by Gasteiger charge is -2.27. The third kappa shape index (κ3) is 5.55. The molecule has 0 unspecified atom stereocenters. The van der Waals surface area contributed by atoms with E-state index in [9.17, 15) is 0 Å². The molecule has 0 saturated carbocycles. The molecule has 1 radical (unpaired) electrons. The van der Waals surface area contributed by atoms with Gasteiger partial charge in [0, 0.05) is 14.4 Å². The van der Waals surface area contributed by atoms with Crippen LogP contribution >= 0.6 is 0 Å². The van der Waals surface area contributed by atoms with E-state index >= 15 is 4.39 Å². The van der Waals surface area contributed by atoms with E-state index in [1.54, 1.807) is 6.07 Å². The minimum Gasteiger partial charge on any atom is -0.206 e. The molecule has 0 aromatic heterocycles. The van der Waals surface area contributed by atoms with E-state index in [0.717, 1.165) is 18.4 Å². The fourth-order valence-corrected chi connectivity index (χ4v) is 7.84. The van der Waals surface area contributed by atoms with Crippen LogP contribution in [-0.2, 0) is 12.8 Å². The Balaban J connectivity index is 1.37. The van der Waals surface area contributed by atoms with E-state index in [1.165, 1.54) is 54.1 Å². The normalized spacial score (nSPS) is 14.9. The van der Waals surface area contributed by atoms with Gasteiger partial charge in [0.1, 0.15) is 5.82 Å². The molecule has 0 amide bonds. The van der Waals surface area contributed by atoms with Gasteiger partial charge in [0.15, 0.2) is 0 Å². The van der Waals surface area contributed by atoms with Crippen LogP contribution < -0.4 is 0 Å². The van der Waals surface area contributed by atoms with Crippen molar-refractivity contribution in [1.29, 1.82) is 5.26 Å². The minimum atomic E-state index is -0.135. The molecule has 0 atom stereocenters. The van der Waals surface area contributed by atoms with Crippen molar-refractivity contribution in [1.82, 2.24) is 0 Å². The molecule has 1 saturated heterocycles. The molecular weight excluding hydrogens is 409 g/mol. The van der Waals surface area contributed by atoms with E-state index in [0.29, 0.717) is 17.0 Å². The first-order valence-corrected chi connectivity index (χ1v) is 14.0. The smallest absolute Gasteiger partial charge is 0.131 e. The average Bonchev–Trinajstić information content (AvgIpc) is 2.84. The maximum absolute atomic E-state index is 15.0. The zero-order valence-electron chi connectivity index (χ0n) is 18.9. The molecule has 0 spiro atoms. The molecule has 1 fully saturated rings. The van der Waals surface area contributed by atoms with Gasteiger partial charge in [0.25, 0.3) is 0 Å². The Bertz CT molecular complexity index is 1060. The molecule has 0 N–H and O–H groups in total. The number of hydrogen-bond donors (Lipinski definition) is 0. The van der Waals surface area contributed by atoms with Gasteiger partial charge in [-0.1, -0.05) is 80.0 Å². The molecule has 1 nitrogen and oxygen atoms in total. The fourth-order valence-electron chi connectivity index (χ4n) is 4.87. The minimum absolute atomic E-state index is 0.0995. The Hall–Kier alpha value is -2.70. The van der Waals surface area contributed by atoms with Crippen molar-refractivity contribution in [3.8, 4) is 17.2 Å². The van der Waals surface area contributed by atoms with Crippen LogP contribution in [0.3, 0.4) is 0 Å². The van der Waals surface area contributed by atoms with Crippen LogP contribution in [0.1, 0.15) is 54.4 Å². The van der Waals surface area contributed by atoms with Crippen LogP contribution in [0, 0.1) is 17.1 Å². The van der Waals surface area contributed by atoms with Gasteiger partial charge in [-0.2, -0.15) is 5.26 Å². The second-order valence-electron chi connectivity index (χ2n) is 9.02. The van der Waals surface area contributed by atoms with Crippen molar-refractivity contribution in [3.05, 3.63) is 94.8 Å². The number of nitriles is 1. The first kappa shape index (κ1) is 22.5. The molecule has 163 valence electrons. The number of aryl methyl sites for hydroxylation is 2. The molecule has 3 aromatic carbocycles. The first-order valence-electron chi connectivity index (χ1n) is 11.9. The second kappa shape index (κ2) is 10.7. The second-order valence-corrected chi connectivity index (χ2v) is 12.0. The summed E-state index contributed by atoms with van der Waals surface area (Å²) in [6.07, 6.45) is 5.64. The Morgan fingerprint density at radius 3 is 2.09 bits per heavy atom. The van der Waals surface area contributed by atoms with Gasteiger partial charge in [-0.05, 0) is 72.1 Å². The summed E-state index contributed by atoms with van der Waals surface area (Å²) in [5.41, 5.74) is 5.97. The molecule has 3 aromatic rings. The summed E-state index contributed by atoms with van der Waals surface area (Å²) >= 11 is 0. The van der Waals surface area contributed by atoms with Gasteiger partial charge in [-0.25, -0.2) is 4.39 Å². The predicted octanol–water partition coefficient (Wildman–Crippen LogP) is 7.93. The highest BCUT2D eigenvalue weighted by molar-refractivity contribution is 6.59. The van der Waals surface area contributed by atoms with Crippen molar-refractivity contribution in [2.24, 2.45) is 0 Å². The molecule has 0 bridgehead atoms. The fraction of sp³-hybridized carbons (Fsp3) is 0.345. The van der Waals surface area contributed by atoms with Gasteiger partial charge in [-0.15, -0.1) is 0 Å². The maximum atomic E-state index is 15.0. The SMILES string of the molecule is CCC[Si]1CCC(c2ccc(-c3ccc(CCc4ccc(C#N)cc4)cc3)c(F)c2)CC1. The van der Waals surface area contributed by atoms with E-state index < -0.39 is 0 Å². The summed E-state index contributed by atoms with van der Waals surface area (Å²) in [5, 5.41) is 8.91. The van der Waals surface area contributed by atoms with E-state index in [1.807, 2.05) is 42.5 Å². The maximum Gasteiger partial charge on any atom is 0.131 e. The highest BCUT2D eigenvalue weighted by Crippen LogP contribution is 2.36. The predicted molar refractivity (Wildman–Crippen MR) is 133 cm³/mol. The van der Waals surface area contributed by atoms with Crippen molar-refractivity contribution < 1.29 is 4.39 Å². The number of hydrogen-bond acceptors (Lipinski definition) is 1. The first-order chi connectivity index (χ1) is 15.7. The summed E-state index contributed by atoms with van der Waals surface area (Å²) in [7, 11) is -0.135. The number of nitrogens with zero attached hydrogens (tertiary/aromatic N) is 1. The molecule has 1 heterocycles. The number of rotatable bonds is 7. The van der Waals surface area contributed by atoms with Crippen LogP contribution in [0.4, 0.5) is 4.39 Å². The Morgan fingerprint density at radius 2 is 1.53 bits per heavy atom. The van der Waals surface area contributed by atoms with Crippen LogP contribution in [0.15, 0.2) is 66.7 Å². The molecule has 0 aliphatic carbocycles. The van der Waals surface area contributed by atoms with Crippen molar-refractivity contribution in [2.45, 2.75) is 63.1 Å². The lowest BCUT2D eigenvalue weighted by molar-refractivity contribution is 0.589. The molecule has 3 heteroatoms. The van der Waals surface area contributed by atoms with Crippen molar-refractivity contribution in [2.75, 3.05) is 0 Å². The van der Waals surface area contributed by atoms with Gasteiger partial charge in [0.05, 0.1) is 11.6 Å². The van der Waals surface area contributed by atoms with Gasteiger partial charge in [-0.3, -0.25) is 0 Å². The lowest BCUT2D eigenvalue weighted by atomic mass is 9.91. The quantitative estimate of drug-likeness (QED) is 0.342. The Kier molecular flexibility index (Phi) is 7.55. The van der Waals surface area contributed by atoms with E-state index in [2.05, 4.69) is 31.2 Å². The summed E-state index contributed by atoms with van der Waals surface area (Å²) in [6.45, 7) is 2.29. The molecule has 4 rings (SSSR count). The Morgan fingerprint density at radius 1 is 0.906 bits per heavy atom. The number of halogens is 1. The third-order valence-electron chi connectivity index (χ3n) is 6.81. The number of benzene rings is 3. The highest BCUT2D eigenvalue weighted by Gasteiger charge is 2.23. The molecule has 1 aliphatic heterocycles. The average molecular weight is 441 g/mol. The van der Waals surface area contributed by atoms with Crippen LogP contribution in [0.25, 0.3) is 11.1 Å². The summed E-state index contributed by atoms with van der Waals surface area (Å²) in [4.78, 5) is 0. The molecule has 32 heavy (non-hydrogen) atoms. The monoisotopic (exact) mass is 440 g/mol. The van der Waals surface area contributed by atoms with Crippen LogP contribution in [-0.4, -0.2) is 8.80 Å². The van der Waals surface area contributed by atoms with Gasteiger partial charge < -0.3 is 0 Å². The van der Waals surface area contributed by atoms with Crippen LogP contribution in [0.5, 0.6) is 0 Å². The lowest BCUT2D eigenvalue weighted by Crippen LogP contribution is -2.20.